The van der Waals surface area contributed by atoms with E-state index in [9.17, 15) is 9.59 Å². The molecule has 1 saturated carbocycles. The van der Waals surface area contributed by atoms with Gasteiger partial charge >= 0.3 is 0 Å². The predicted molar refractivity (Wildman–Crippen MR) is 72.7 cm³/mol. The highest BCUT2D eigenvalue weighted by Crippen LogP contribution is 2.32. The number of carbonyl (C=O) groups is 2. The zero-order chi connectivity index (χ0) is 14.1. The van der Waals surface area contributed by atoms with Gasteiger partial charge in [-0.2, -0.15) is 5.10 Å². The molecule has 0 unspecified atom stereocenters. The number of hydrogen-bond donors (Lipinski definition) is 1. The van der Waals surface area contributed by atoms with E-state index in [2.05, 4.69) is 10.4 Å². The van der Waals surface area contributed by atoms with Gasteiger partial charge in [-0.25, -0.2) is 0 Å². The summed E-state index contributed by atoms with van der Waals surface area (Å²) in [6.07, 6.45) is 6.14. The van der Waals surface area contributed by atoms with Crippen LogP contribution in [0.25, 0.3) is 0 Å². The van der Waals surface area contributed by atoms with Crippen molar-refractivity contribution in [1.82, 2.24) is 20.0 Å². The van der Waals surface area contributed by atoms with Crippen LogP contribution in [0.15, 0.2) is 18.5 Å². The highest BCUT2D eigenvalue weighted by Gasteiger charge is 2.41. The van der Waals surface area contributed by atoms with Gasteiger partial charge in [0.1, 0.15) is 0 Å². The Labute approximate surface area is 118 Å². The topological polar surface area (TPSA) is 67.2 Å². The van der Waals surface area contributed by atoms with E-state index >= 15 is 0 Å². The third-order valence-electron chi connectivity index (χ3n) is 3.93. The summed E-state index contributed by atoms with van der Waals surface area (Å²) in [4.78, 5) is 25.9. The molecule has 1 aromatic rings. The van der Waals surface area contributed by atoms with E-state index in [4.69, 9.17) is 0 Å². The lowest BCUT2D eigenvalue weighted by Crippen LogP contribution is -2.40. The van der Waals surface area contributed by atoms with E-state index < -0.39 is 0 Å². The highest BCUT2D eigenvalue weighted by molar-refractivity contribution is 5.89. The van der Waals surface area contributed by atoms with Crippen LogP contribution in [0, 0.1) is 5.92 Å². The van der Waals surface area contributed by atoms with Crippen LogP contribution in [0.3, 0.4) is 0 Å². The molecule has 1 N–H and O–H groups in total. The summed E-state index contributed by atoms with van der Waals surface area (Å²) in [6.45, 7) is 3.19. The molecule has 0 radical (unpaired) electrons. The van der Waals surface area contributed by atoms with Crippen LogP contribution in [0.2, 0.25) is 0 Å². The first kappa shape index (κ1) is 13.1. The van der Waals surface area contributed by atoms with Gasteiger partial charge in [-0.15, -0.1) is 0 Å². The monoisotopic (exact) mass is 276 g/mol. The Morgan fingerprint density at radius 2 is 2.35 bits per heavy atom. The number of likely N-dealkylation sites (tertiary alicyclic amines) is 1. The maximum absolute atomic E-state index is 12.2. The first-order valence-corrected chi connectivity index (χ1v) is 7.21. The van der Waals surface area contributed by atoms with Crippen molar-refractivity contribution in [3.8, 4) is 0 Å². The normalized spacial score (nSPS) is 23.9. The van der Waals surface area contributed by atoms with Gasteiger partial charge in [-0.1, -0.05) is 0 Å². The Balaban J connectivity index is 1.50. The number of rotatable bonds is 5. The molecule has 20 heavy (non-hydrogen) atoms. The Morgan fingerprint density at radius 1 is 1.55 bits per heavy atom. The molecule has 1 aromatic heterocycles. The second kappa shape index (κ2) is 5.26. The minimum Gasteiger partial charge on any atom is -0.351 e. The molecular formula is C14H20N4O2. The van der Waals surface area contributed by atoms with Crippen LogP contribution >= 0.6 is 0 Å². The van der Waals surface area contributed by atoms with E-state index in [1.165, 1.54) is 0 Å². The molecule has 2 fully saturated rings. The molecule has 1 aliphatic heterocycles. The molecule has 1 saturated heterocycles. The predicted octanol–water partition coefficient (Wildman–Crippen LogP) is 0.399. The molecule has 2 heterocycles. The molecule has 108 valence electrons. The van der Waals surface area contributed by atoms with Gasteiger partial charge in [0.05, 0.1) is 12.5 Å². The summed E-state index contributed by atoms with van der Waals surface area (Å²) < 4.78 is 1.79. The number of amides is 2. The summed E-state index contributed by atoms with van der Waals surface area (Å²) in [6, 6.07) is 2.27. The van der Waals surface area contributed by atoms with E-state index in [-0.39, 0.29) is 23.8 Å². The number of nitrogens with one attached hydrogen (secondary N) is 1. The SMILES string of the molecule is C[C@H](Cn1cccn1)NC(=O)[C@@H]1CC(=O)N(C2CC2)C1. The van der Waals surface area contributed by atoms with Gasteiger partial charge in [-0.3, -0.25) is 14.3 Å². The van der Waals surface area contributed by atoms with Crippen LogP contribution in [0.1, 0.15) is 26.2 Å². The fraction of sp³-hybridized carbons (Fsp3) is 0.643. The average Bonchev–Trinajstić information content (AvgIpc) is 2.97. The van der Waals surface area contributed by atoms with Crippen molar-refractivity contribution in [1.29, 1.82) is 0 Å². The van der Waals surface area contributed by atoms with Crippen LogP contribution in [-0.2, 0) is 16.1 Å². The summed E-state index contributed by atoms with van der Waals surface area (Å²) >= 11 is 0. The van der Waals surface area contributed by atoms with Crippen LogP contribution in [0.4, 0.5) is 0 Å². The summed E-state index contributed by atoms with van der Waals surface area (Å²) in [5.41, 5.74) is 0. The highest BCUT2D eigenvalue weighted by atomic mass is 16.2. The molecule has 3 rings (SSSR count). The first-order valence-electron chi connectivity index (χ1n) is 7.21. The smallest absolute Gasteiger partial charge is 0.225 e. The fourth-order valence-corrected chi connectivity index (χ4v) is 2.74. The molecule has 0 aromatic carbocycles. The molecule has 6 heteroatoms. The van der Waals surface area contributed by atoms with Gasteiger partial charge < -0.3 is 10.2 Å². The van der Waals surface area contributed by atoms with Crippen molar-refractivity contribution in [2.24, 2.45) is 5.92 Å². The van der Waals surface area contributed by atoms with Crippen molar-refractivity contribution in [2.75, 3.05) is 6.54 Å². The summed E-state index contributed by atoms with van der Waals surface area (Å²) in [5.74, 6) is -0.0725. The maximum Gasteiger partial charge on any atom is 0.225 e. The summed E-state index contributed by atoms with van der Waals surface area (Å²) in [7, 11) is 0. The lowest BCUT2D eigenvalue weighted by molar-refractivity contribution is -0.129. The van der Waals surface area contributed by atoms with Crippen molar-refractivity contribution in [3.63, 3.8) is 0 Å². The second-order valence-electron chi connectivity index (χ2n) is 5.82. The minimum atomic E-state index is -0.192. The van der Waals surface area contributed by atoms with Crippen LogP contribution < -0.4 is 5.32 Å². The zero-order valence-corrected chi connectivity index (χ0v) is 11.7. The third-order valence-corrected chi connectivity index (χ3v) is 3.93. The minimum absolute atomic E-state index is 0.00692. The zero-order valence-electron chi connectivity index (χ0n) is 11.7. The lowest BCUT2D eigenvalue weighted by atomic mass is 10.1. The average molecular weight is 276 g/mol. The van der Waals surface area contributed by atoms with Crippen molar-refractivity contribution in [3.05, 3.63) is 18.5 Å². The molecule has 2 atom stereocenters. The van der Waals surface area contributed by atoms with Crippen molar-refractivity contribution >= 4 is 11.8 Å². The van der Waals surface area contributed by atoms with Gasteiger partial charge in [0.15, 0.2) is 0 Å². The van der Waals surface area contributed by atoms with E-state index in [0.717, 1.165) is 12.8 Å². The molecule has 1 aliphatic carbocycles. The third kappa shape index (κ3) is 2.84. The largest absolute Gasteiger partial charge is 0.351 e. The van der Waals surface area contributed by atoms with Crippen LogP contribution in [0.5, 0.6) is 0 Å². The second-order valence-corrected chi connectivity index (χ2v) is 5.82. The fourth-order valence-electron chi connectivity index (χ4n) is 2.74. The van der Waals surface area contributed by atoms with E-state index in [1.54, 1.807) is 10.9 Å². The quantitative estimate of drug-likeness (QED) is 0.846. The Hall–Kier alpha value is -1.85. The van der Waals surface area contributed by atoms with E-state index in [1.807, 2.05) is 24.1 Å². The summed E-state index contributed by atoms with van der Waals surface area (Å²) in [5, 5.41) is 7.10. The number of nitrogens with zero attached hydrogens (tertiary/aromatic N) is 3. The molecule has 0 bridgehead atoms. The Kier molecular flexibility index (Phi) is 3.46. The lowest BCUT2D eigenvalue weighted by Gasteiger charge is -2.18. The number of hydrogen-bond acceptors (Lipinski definition) is 3. The number of carbonyl (C=O) groups excluding carboxylic acids is 2. The van der Waals surface area contributed by atoms with Crippen molar-refractivity contribution in [2.45, 2.75) is 44.8 Å². The maximum atomic E-state index is 12.2. The number of aromatic nitrogens is 2. The first-order chi connectivity index (χ1) is 9.63. The molecule has 2 amide bonds. The van der Waals surface area contributed by atoms with Gasteiger partial charge in [0.2, 0.25) is 11.8 Å². The standard InChI is InChI=1S/C14H20N4O2/c1-10(8-17-6-2-5-15-17)16-14(20)11-7-13(19)18(9-11)12-3-4-12/h2,5-6,10-12H,3-4,7-9H2,1H3,(H,16,20)/t10-,11-/m1/s1. The molecular weight excluding hydrogens is 256 g/mol. The van der Waals surface area contributed by atoms with Gasteiger partial charge in [0.25, 0.3) is 0 Å². The van der Waals surface area contributed by atoms with Crippen LogP contribution in [-0.4, -0.2) is 45.1 Å². The van der Waals surface area contributed by atoms with E-state index in [0.29, 0.717) is 25.6 Å². The van der Waals surface area contributed by atoms with Gasteiger partial charge in [-0.05, 0) is 25.8 Å². The Bertz CT molecular complexity index is 495. The Morgan fingerprint density at radius 3 is 3.00 bits per heavy atom. The van der Waals surface area contributed by atoms with Crippen molar-refractivity contribution < 1.29 is 9.59 Å². The molecule has 2 aliphatic rings. The molecule has 6 nitrogen and oxygen atoms in total. The molecule has 0 spiro atoms. The van der Waals surface area contributed by atoms with Gasteiger partial charge in [0, 0.05) is 37.4 Å².